The highest BCUT2D eigenvalue weighted by atomic mass is 32.1. The van der Waals surface area contributed by atoms with E-state index in [-0.39, 0.29) is 18.1 Å². The number of ether oxygens (including phenoxy) is 1. The van der Waals surface area contributed by atoms with E-state index in [2.05, 4.69) is 16.4 Å². The molecule has 2 atom stereocenters. The number of carbonyl (C=O) groups excluding carboxylic acids is 1. The van der Waals surface area contributed by atoms with Crippen LogP contribution in [0.5, 0.6) is 0 Å². The number of amides is 1. The molecule has 0 aliphatic carbocycles. The van der Waals surface area contributed by atoms with Gasteiger partial charge in [-0.25, -0.2) is 4.98 Å². The van der Waals surface area contributed by atoms with E-state index in [1.807, 2.05) is 22.6 Å². The number of aromatic nitrogens is 1. The van der Waals surface area contributed by atoms with Crippen molar-refractivity contribution in [2.45, 2.75) is 25.6 Å². The summed E-state index contributed by atoms with van der Waals surface area (Å²) < 4.78 is 5.97. The summed E-state index contributed by atoms with van der Waals surface area (Å²) >= 11 is 3.14. The van der Waals surface area contributed by atoms with E-state index in [0.717, 1.165) is 17.0 Å². The lowest BCUT2D eigenvalue weighted by Gasteiger charge is -2.36. The summed E-state index contributed by atoms with van der Waals surface area (Å²) in [5.41, 5.74) is 7.19. The van der Waals surface area contributed by atoms with Gasteiger partial charge in [-0.3, -0.25) is 4.79 Å². The fourth-order valence-corrected chi connectivity index (χ4v) is 4.06. The van der Waals surface area contributed by atoms with Crippen molar-refractivity contribution >= 4 is 28.6 Å². The number of hydrogen-bond acceptors (Lipinski definition) is 6. The molecule has 0 saturated carbocycles. The Balaban J connectivity index is 1.73. The molecule has 2 N–H and O–H groups in total. The van der Waals surface area contributed by atoms with E-state index in [9.17, 15) is 4.79 Å². The zero-order chi connectivity index (χ0) is 15.5. The zero-order valence-corrected chi connectivity index (χ0v) is 14.0. The van der Waals surface area contributed by atoms with Gasteiger partial charge in [0.05, 0.1) is 17.7 Å². The third kappa shape index (κ3) is 3.38. The maximum atomic E-state index is 12.7. The number of morpholine rings is 1. The SMILES string of the molecule is CC1CN(C(=O)c2csc(CCN)n2)CC(c2ccsc2)O1. The molecule has 1 fully saturated rings. The Kier molecular flexibility index (Phi) is 4.87. The van der Waals surface area contributed by atoms with Crippen LogP contribution < -0.4 is 5.73 Å². The minimum Gasteiger partial charge on any atom is -0.367 e. The van der Waals surface area contributed by atoms with Gasteiger partial charge in [-0.15, -0.1) is 11.3 Å². The molecule has 22 heavy (non-hydrogen) atoms. The zero-order valence-electron chi connectivity index (χ0n) is 12.4. The van der Waals surface area contributed by atoms with E-state index in [0.29, 0.717) is 25.3 Å². The van der Waals surface area contributed by atoms with Crippen molar-refractivity contribution in [1.29, 1.82) is 0 Å². The molecule has 1 saturated heterocycles. The summed E-state index contributed by atoms with van der Waals surface area (Å²) in [6, 6.07) is 2.05. The summed E-state index contributed by atoms with van der Waals surface area (Å²) in [5, 5.41) is 6.85. The monoisotopic (exact) mass is 337 g/mol. The minimum atomic E-state index is -0.0545. The van der Waals surface area contributed by atoms with E-state index in [4.69, 9.17) is 10.5 Å². The van der Waals surface area contributed by atoms with E-state index in [1.165, 1.54) is 11.3 Å². The summed E-state index contributed by atoms with van der Waals surface area (Å²) in [5.74, 6) is -0.0186. The normalized spacial score (nSPS) is 22.0. The van der Waals surface area contributed by atoms with E-state index >= 15 is 0 Å². The number of nitrogens with zero attached hydrogens (tertiary/aromatic N) is 2. The Morgan fingerprint density at radius 3 is 3.09 bits per heavy atom. The Labute approximate surface area is 137 Å². The van der Waals surface area contributed by atoms with Crippen molar-refractivity contribution < 1.29 is 9.53 Å². The number of hydrogen-bond donors (Lipinski definition) is 1. The number of rotatable bonds is 4. The first kappa shape index (κ1) is 15.6. The van der Waals surface area contributed by atoms with Gasteiger partial charge in [0, 0.05) is 18.3 Å². The van der Waals surface area contributed by atoms with E-state index in [1.54, 1.807) is 11.3 Å². The number of nitrogens with two attached hydrogens (primary N) is 1. The van der Waals surface area contributed by atoms with Crippen LogP contribution >= 0.6 is 22.7 Å². The standard InChI is InChI=1S/C15H19N3O2S2/c1-10-6-18(7-13(20-10)11-3-5-21-8-11)15(19)12-9-22-14(17-12)2-4-16/h3,5,8-10,13H,2,4,6-7,16H2,1H3. The largest absolute Gasteiger partial charge is 0.367 e. The van der Waals surface area contributed by atoms with Gasteiger partial charge in [-0.05, 0) is 35.9 Å². The van der Waals surface area contributed by atoms with Crippen molar-refractivity contribution in [3.63, 3.8) is 0 Å². The van der Waals surface area contributed by atoms with Crippen molar-refractivity contribution in [3.05, 3.63) is 38.5 Å². The molecule has 0 bridgehead atoms. The topological polar surface area (TPSA) is 68.5 Å². The Morgan fingerprint density at radius 2 is 2.36 bits per heavy atom. The van der Waals surface area contributed by atoms with Gasteiger partial charge < -0.3 is 15.4 Å². The molecule has 0 spiro atoms. The fraction of sp³-hybridized carbons (Fsp3) is 0.467. The molecule has 7 heteroatoms. The molecule has 1 aliphatic rings. The number of thiophene rings is 1. The molecule has 3 heterocycles. The highest BCUT2D eigenvalue weighted by Gasteiger charge is 2.31. The highest BCUT2D eigenvalue weighted by molar-refractivity contribution is 7.09. The van der Waals surface area contributed by atoms with Gasteiger partial charge in [0.15, 0.2) is 0 Å². The lowest BCUT2D eigenvalue weighted by molar-refractivity contribution is -0.0691. The average Bonchev–Trinajstić information content (AvgIpc) is 3.18. The van der Waals surface area contributed by atoms with Crippen LogP contribution in [0.3, 0.4) is 0 Å². The quantitative estimate of drug-likeness (QED) is 0.929. The molecule has 1 amide bonds. The predicted octanol–water partition coefficient (Wildman–Crippen LogP) is 2.31. The second-order valence-corrected chi connectivity index (χ2v) is 7.09. The van der Waals surface area contributed by atoms with Gasteiger partial charge in [-0.2, -0.15) is 11.3 Å². The van der Waals surface area contributed by atoms with E-state index < -0.39 is 0 Å². The van der Waals surface area contributed by atoms with Crippen LogP contribution in [-0.4, -0.2) is 41.5 Å². The van der Waals surface area contributed by atoms with Gasteiger partial charge in [0.2, 0.25) is 0 Å². The first-order chi connectivity index (χ1) is 10.7. The molecule has 118 valence electrons. The molecule has 2 unspecified atom stereocenters. The summed E-state index contributed by atoms with van der Waals surface area (Å²) in [6.45, 7) is 3.72. The predicted molar refractivity (Wildman–Crippen MR) is 88.4 cm³/mol. The first-order valence-corrected chi connectivity index (χ1v) is 9.11. The van der Waals surface area contributed by atoms with Crippen molar-refractivity contribution in [1.82, 2.24) is 9.88 Å². The molecule has 3 rings (SSSR count). The van der Waals surface area contributed by atoms with Crippen LogP contribution in [0.4, 0.5) is 0 Å². The van der Waals surface area contributed by atoms with Crippen LogP contribution in [0.1, 0.15) is 34.1 Å². The molecule has 0 radical (unpaired) electrons. The molecule has 5 nitrogen and oxygen atoms in total. The maximum absolute atomic E-state index is 12.7. The third-order valence-electron chi connectivity index (χ3n) is 3.59. The summed E-state index contributed by atoms with van der Waals surface area (Å²) in [4.78, 5) is 18.9. The summed E-state index contributed by atoms with van der Waals surface area (Å²) in [7, 11) is 0. The Bertz CT molecular complexity index is 627. The van der Waals surface area contributed by atoms with Crippen molar-refractivity contribution in [3.8, 4) is 0 Å². The van der Waals surface area contributed by atoms with Crippen LogP contribution in [0, 0.1) is 0 Å². The van der Waals surface area contributed by atoms with Crippen molar-refractivity contribution in [2.75, 3.05) is 19.6 Å². The Hall–Kier alpha value is -1.28. The van der Waals surface area contributed by atoms with Crippen LogP contribution in [-0.2, 0) is 11.2 Å². The Morgan fingerprint density at radius 1 is 1.50 bits per heavy atom. The van der Waals surface area contributed by atoms with Gasteiger partial charge >= 0.3 is 0 Å². The van der Waals surface area contributed by atoms with Crippen LogP contribution in [0.15, 0.2) is 22.2 Å². The third-order valence-corrected chi connectivity index (χ3v) is 5.20. The summed E-state index contributed by atoms with van der Waals surface area (Å²) in [6.07, 6.45) is 0.681. The molecular formula is C15H19N3O2S2. The van der Waals surface area contributed by atoms with Crippen LogP contribution in [0.25, 0.3) is 0 Å². The maximum Gasteiger partial charge on any atom is 0.273 e. The number of carbonyl (C=O) groups is 1. The lowest BCUT2D eigenvalue weighted by atomic mass is 10.1. The van der Waals surface area contributed by atoms with Gasteiger partial charge in [0.1, 0.15) is 11.8 Å². The molecular weight excluding hydrogens is 318 g/mol. The second kappa shape index (κ2) is 6.87. The average molecular weight is 337 g/mol. The number of thiazole rings is 1. The second-order valence-electron chi connectivity index (χ2n) is 5.37. The highest BCUT2D eigenvalue weighted by Crippen LogP contribution is 2.27. The minimum absolute atomic E-state index is 0.0183. The first-order valence-electron chi connectivity index (χ1n) is 7.28. The fourth-order valence-electron chi connectivity index (χ4n) is 2.57. The molecule has 2 aromatic heterocycles. The smallest absolute Gasteiger partial charge is 0.273 e. The van der Waals surface area contributed by atoms with Gasteiger partial charge in [-0.1, -0.05) is 0 Å². The molecule has 2 aromatic rings. The van der Waals surface area contributed by atoms with Crippen LogP contribution in [0.2, 0.25) is 0 Å². The lowest BCUT2D eigenvalue weighted by Crippen LogP contribution is -2.46. The van der Waals surface area contributed by atoms with Gasteiger partial charge in [0.25, 0.3) is 5.91 Å². The van der Waals surface area contributed by atoms with Crippen molar-refractivity contribution in [2.24, 2.45) is 5.73 Å². The molecule has 1 aliphatic heterocycles. The molecule has 0 aromatic carbocycles.